The first-order valence-corrected chi connectivity index (χ1v) is 8.16. The van der Waals surface area contributed by atoms with Gasteiger partial charge in [0.15, 0.2) is 0 Å². The smallest absolute Gasteiger partial charge is 0.337 e. The van der Waals surface area contributed by atoms with Gasteiger partial charge in [0.25, 0.3) is 5.91 Å². The molecule has 1 heterocycles. The Hall–Kier alpha value is -3.41. The van der Waals surface area contributed by atoms with Crippen LogP contribution in [0, 0.1) is 0 Å². The number of esters is 1. The van der Waals surface area contributed by atoms with Crippen LogP contribution < -0.4 is 5.32 Å². The minimum Gasteiger partial charge on any atom is -0.465 e. The molecule has 0 bridgehead atoms. The third-order valence-electron chi connectivity index (χ3n) is 4.11. The summed E-state index contributed by atoms with van der Waals surface area (Å²) in [6.07, 6.45) is 5.33. The summed E-state index contributed by atoms with van der Waals surface area (Å²) in [6.45, 7) is 1.92. The monoisotopic (exact) mass is 349 g/mol. The van der Waals surface area contributed by atoms with Crippen LogP contribution in [-0.2, 0) is 4.74 Å². The van der Waals surface area contributed by atoms with E-state index in [1.807, 2.05) is 42.0 Å². The van der Waals surface area contributed by atoms with Gasteiger partial charge in [0, 0.05) is 23.6 Å². The van der Waals surface area contributed by atoms with Crippen molar-refractivity contribution in [1.29, 1.82) is 0 Å². The van der Waals surface area contributed by atoms with Gasteiger partial charge in [-0.05, 0) is 48.9 Å². The van der Waals surface area contributed by atoms with E-state index in [1.54, 1.807) is 36.8 Å². The lowest BCUT2D eigenvalue weighted by Gasteiger charge is -2.15. The first kappa shape index (κ1) is 17.4. The molecule has 1 aromatic heterocycles. The molecular weight excluding hydrogens is 330 g/mol. The van der Waals surface area contributed by atoms with Crippen LogP contribution in [0.3, 0.4) is 0 Å². The number of carbonyl (C=O) groups is 2. The Kier molecular flexibility index (Phi) is 5.12. The zero-order valence-electron chi connectivity index (χ0n) is 14.5. The fraction of sp³-hybridized carbons (Fsp3) is 0.150. The number of rotatable bonds is 5. The molecule has 3 aromatic rings. The van der Waals surface area contributed by atoms with E-state index in [9.17, 15) is 9.59 Å². The summed E-state index contributed by atoms with van der Waals surface area (Å²) in [4.78, 5) is 27.9. The van der Waals surface area contributed by atoms with Crippen molar-refractivity contribution in [3.05, 3.63) is 83.9 Å². The van der Waals surface area contributed by atoms with Gasteiger partial charge in [-0.25, -0.2) is 9.78 Å². The fourth-order valence-corrected chi connectivity index (χ4v) is 2.59. The second-order valence-corrected chi connectivity index (χ2v) is 5.83. The maximum atomic E-state index is 12.4. The van der Waals surface area contributed by atoms with Gasteiger partial charge < -0.3 is 14.6 Å². The Morgan fingerprint density at radius 1 is 1.04 bits per heavy atom. The standard InChI is InChI=1S/C20H19N3O3/c1-14(15-7-9-18(10-8-15)23-12-11-21-13-23)22-19(24)16-3-5-17(6-4-16)20(25)26-2/h3-14H,1-2H3,(H,22,24). The number of carbonyl (C=O) groups excluding carboxylic acids is 2. The summed E-state index contributed by atoms with van der Waals surface area (Å²) in [5.41, 5.74) is 2.89. The molecule has 0 aliphatic rings. The van der Waals surface area contributed by atoms with Crippen LogP contribution in [0.15, 0.2) is 67.3 Å². The van der Waals surface area contributed by atoms with Crippen LogP contribution in [0.2, 0.25) is 0 Å². The number of benzene rings is 2. The Morgan fingerprint density at radius 2 is 1.69 bits per heavy atom. The van der Waals surface area contributed by atoms with Crippen molar-refractivity contribution in [1.82, 2.24) is 14.9 Å². The second kappa shape index (κ2) is 7.65. The summed E-state index contributed by atoms with van der Waals surface area (Å²) < 4.78 is 6.56. The van der Waals surface area contributed by atoms with Crippen molar-refractivity contribution in [3.63, 3.8) is 0 Å². The average molecular weight is 349 g/mol. The van der Waals surface area contributed by atoms with Gasteiger partial charge in [0.05, 0.1) is 25.0 Å². The molecule has 1 amide bonds. The molecule has 0 saturated carbocycles. The highest BCUT2D eigenvalue weighted by atomic mass is 16.5. The maximum absolute atomic E-state index is 12.4. The molecule has 0 fully saturated rings. The summed E-state index contributed by atoms with van der Waals surface area (Å²) in [5.74, 6) is -0.629. The van der Waals surface area contributed by atoms with Crippen molar-refractivity contribution in [3.8, 4) is 5.69 Å². The Labute approximate surface area is 151 Å². The minimum absolute atomic E-state index is 0.153. The molecule has 1 unspecified atom stereocenters. The van der Waals surface area contributed by atoms with Crippen LogP contribution in [-0.4, -0.2) is 28.5 Å². The number of methoxy groups -OCH3 is 1. The van der Waals surface area contributed by atoms with Gasteiger partial charge in [-0.15, -0.1) is 0 Å². The molecule has 6 heteroatoms. The van der Waals surface area contributed by atoms with Crippen molar-refractivity contribution < 1.29 is 14.3 Å². The molecule has 0 radical (unpaired) electrons. The fourth-order valence-electron chi connectivity index (χ4n) is 2.59. The Morgan fingerprint density at radius 3 is 2.27 bits per heavy atom. The predicted octanol–water partition coefficient (Wildman–Crippen LogP) is 3.15. The zero-order chi connectivity index (χ0) is 18.5. The van der Waals surface area contributed by atoms with Crippen molar-refractivity contribution >= 4 is 11.9 Å². The van der Waals surface area contributed by atoms with E-state index < -0.39 is 5.97 Å². The molecule has 1 N–H and O–H groups in total. The molecule has 0 spiro atoms. The van der Waals surface area contributed by atoms with E-state index in [0.717, 1.165) is 11.3 Å². The molecule has 132 valence electrons. The average Bonchev–Trinajstić information content (AvgIpc) is 3.22. The van der Waals surface area contributed by atoms with Crippen LogP contribution in [0.1, 0.15) is 39.2 Å². The van der Waals surface area contributed by atoms with Crippen LogP contribution in [0.4, 0.5) is 0 Å². The SMILES string of the molecule is COC(=O)c1ccc(C(=O)NC(C)c2ccc(-n3ccnc3)cc2)cc1. The molecule has 6 nitrogen and oxygen atoms in total. The quantitative estimate of drug-likeness (QED) is 0.718. The highest BCUT2D eigenvalue weighted by Crippen LogP contribution is 2.16. The van der Waals surface area contributed by atoms with Crippen molar-refractivity contribution in [2.75, 3.05) is 7.11 Å². The molecule has 1 atom stereocenters. The van der Waals surface area contributed by atoms with Crippen molar-refractivity contribution in [2.45, 2.75) is 13.0 Å². The normalized spacial score (nSPS) is 11.6. The summed E-state index contributed by atoms with van der Waals surface area (Å²) >= 11 is 0. The third-order valence-corrected chi connectivity index (χ3v) is 4.11. The number of ether oxygens (including phenoxy) is 1. The Balaban J connectivity index is 1.66. The van der Waals surface area contributed by atoms with Gasteiger partial charge in [0.2, 0.25) is 0 Å². The number of amides is 1. The van der Waals surface area contributed by atoms with E-state index in [1.165, 1.54) is 7.11 Å². The van der Waals surface area contributed by atoms with Gasteiger partial charge in [0.1, 0.15) is 0 Å². The minimum atomic E-state index is -0.427. The van der Waals surface area contributed by atoms with E-state index in [0.29, 0.717) is 11.1 Å². The summed E-state index contributed by atoms with van der Waals surface area (Å²) in [7, 11) is 1.32. The number of aromatic nitrogens is 2. The van der Waals surface area contributed by atoms with E-state index in [4.69, 9.17) is 0 Å². The lowest BCUT2D eigenvalue weighted by atomic mass is 10.1. The second-order valence-electron chi connectivity index (χ2n) is 5.83. The van der Waals surface area contributed by atoms with Crippen LogP contribution in [0.5, 0.6) is 0 Å². The molecule has 0 saturated heterocycles. The summed E-state index contributed by atoms with van der Waals surface area (Å²) in [6, 6.07) is 14.1. The van der Waals surface area contributed by atoms with Gasteiger partial charge in [-0.1, -0.05) is 12.1 Å². The highest BCUT2D eigenvalue weighted by molar-refractivity contribution is 5.96. The topological polar surface area (TPSA) is 73.2 Å². The van der Waals surface area contributed by atoms with E-state index in [-0.39, 0.29) is 11.9 Å². The molecule has 0 aliphatic heterocycles. The van der Waals surface area contributed by atoms with Crippen LogP contribution in [0.25, 0.3) is 5.69 Å². The van der Waals surface area contributed by atoms with Gasteiger partial charge >= 0.3 is 5.97 Å². The lowest BCUT2D eigenvalue weighted by molar-refractivity contribution is 0.0600. The van der Waals surface area contributed by atoms with E-state index in [2.05, 4.69) is 15.0 Å². The predicted molar refractivity (Wildman–Crippen MR) is 97.2 cm³/mol. The van der Waals surface area contributed by atoms with Crippen molar-refractivity contribution in [2.24, 2.45) is 0 Å². The Bertz CT molecular complexity index is 885. The highest BCUT2D eigenvalue weighted by Gasteiger charge is 2.13. The molecule has 2 aromatic carbocycles. The molecular formula is C20H19N3O3. The number of imidazole rings is 1. The van der Waals surface area contributed by atoms with Gasteiger partial charge in [-0.2, -0.15) is 0 Å². The number of nitrogens with zero attached hydrogens (tertiary/aromatic N) is 2. The molecule has 3 rings (SSSR count). The largest absolute Gasteiger partial charge is 0.465 e. The lowest BCUT2D eigenvalue weighted by Crippen LogP contribution is -2.26. The maximum Gasteiger partial charge on any atom is 0.337 e. The third kappa shape index (κ3) is 3.80. The van der Waals surface area contributed by atoms with E-state index >= 15 is 0 Å². The van der Waals surface area contributed by atoms with Gasteiger partial charge in [-0.3, -0.25) is 4.79 Å². The summed E-state index contributed by atoms with van der Waals surface area (Å²) in [5, 5.41) is 2.96. The number of nitrogens with one attached hydrogen (secondary N) is 1. The number of hydrogen-bond acceptors (Lipinski definition) is 4. The molecule has 26 heavy (non-hydrogen) atoms. The van der Waals surface area contributed by atoms with Crippen LogP contribution >= 0.6 is 0 Å². The first-order chi connectivity index (χ1) is 12.6. The first-order valence-electron chi connectivity index (χ1n) is 8.16. The number of hydrogen-bond donors (Lipinski definition) is 1. The zero-order valence-corrected chi connectivity index (χ0v) is 14.5. The molecule has 0 aliphatic carbocycles.